The highest BCUT2D eigenvalue weighted by atomic mass is 32.2. The summed E-state index contributed by atoms with van der Waals surface area (Å²) >= 11 is 1.35. The number of hydrogen-bond acceptors (Lipinski definition) is 5. The van der Waals surface area contributed by atoms with Crippen molar-refractivity contribution in [2.24, 2.45) is 0 Å². The molecule has 7 nitrogen and oxygen atoms in total. The molecule has 0 spiro atoms. The normalized spacial score (nSPS) is 11.0. The average Bonchev–Trinajstić information content (AvgIpc) is 3.19. The van der Waals surface area contributed by atoms with Gasteiger partial charge >= 0.3 is 0 Å². The van der Waals surface area contributed by atoms with Crippen LogP contribution in [0.15, 0.2) is 35.6 Å². The third kappa shape index (κ3) is 3.70. The fraction of sp³-hybridized carbons (Fsp3) is 0.333. The lowest BCUT2D eigenvalue weighted by molar-refractivity contribution is -0.118. The minimum Gasteiger partial charge on any atom is -0.361 e. The summed E-state index contributed by atoms with van der Waals surface area (Å²) in [4.78, 5) is 15.2. The summed E-state index contributed by atoms with van der Waals surface area (Å²) in [6.07, 6.45) is 2.80. The fourth-order valence-corrected chi connectivity index (χ4v) is 3.13. The summed E-state index contributed by atoms with van der Waals surface area (Å²) in [6, 6.07) is 8.16. The summed E-state index contributed by atoms with van der Waals surface area (Å²) in [5.41, 5.74) is 2.33. The van der Waals surface area contributed by atoms with E-state index in [9.17, 15) is 4.79 Å². The molecule has 0 aliphatic heterocycles. The van der Waals surface area contributed by atoms with Gasteiger partial charge in [0.2, 0.25) is 11.1 Å². The quantitative estimate of drug-likeness (QED) is 0.643. The van der Waals surface area contributed by atoms with E-state index >= 15 is 0 Å². The molecule has 0 aliphatic carbocycles. The standard InChI is InChI=1S/C15H18N6OS/c1-2-21-15(18-19-20-21)23-10-14(22)16-8-7-11-9-17-13-6-4-3-5-12(11)13/h3-6,9,17H,2,7-8,10H2,1H3,(H,16,22). The van der Waals surface area contributed by atoms with E-state index in [1.165, 1.54) is 22.7 Å². The Morgan fingerprint density at radius 3 is 3.13 bits per heavy atom. The number of nitrogens with one attached hydrogen (secondary N) is 2. The maximum Gasteiger partial charge on any atom is 0.230 e. The molecule has 0 atom stereocenters. The maximum atomic E-state index is 11.9. The zero-order valence-corrected chi connectivity index (χ0v) is 13.6. The highest BCUT2D eigenvalue weighted by Gasteiger charge is 2.09. The second-order valence-electron chi connectivity index (χ2n) is 5.03. The Labute approximate surface area is 137 Å². The lowest BCUT2D eigenvalue weighted by atomic mass is 10.1. The van der Waals surface area contributed by atoms with Crippen molar-refractivity contribution in [3.8, 4) is 0 Å². The van der Waals surface area contributed by atoms with E-state index < -0.39 is 0 Å². The number of carbonyl (C=O) groups is 1. The SMILES string of the molecule is CCn1nnnc1SCC(=O)NCCc1c[nH]c2ccccc12. The van der Waals surface area contributed by atoms with Gasteiger partial charge in [-0.3, -0.25) is 4.79 Å². The number of H-pyrrole nitrogens is 1. The molecule has 3 rings (SSSR count). The molecule has 8 heteroatoms. The van der Waals surface area contributed by atoms with E-state index in [2.05, 4.69) is 31.9 Å². The van der Waals surface area contributed by atoms with Crippen LogP contribution in [-0.2, 0) is 17.8 Å². The molecule has 1 amide bonds. The highest BCUT2D eigenvalue weighted by molar-refractivity contribution is 7.99. The number of benzene rings is 1. The Balaban J connectivity index is 1.46. The molecule has 23 heavy (non-hydrogen) atoms. The molecule has 0 radical (unpaired) electrons. The number of aromatic nitrogens is 5. The lowest BCUT2D eigenvalue weighted by Gasteiger charge is -2.04. The van der Waals surface area contributed by atoms with Crippen molar-refractivity contribution in [3.05, 3.63) is 36.0 Å². The van der Waals surface area contributed by atoms with Crippen LogP contribution in [0.3, 0.4) is 0 Å². The molecule has 0 saturated carbocycles. The minimum atomic E-state index is -0.0134. The third-order valence-corrected chi connectivity index (χ3v) is 4.48. The van der Waals surface area contributed by atoms with Gasteiger partial charge in [-0.2, -0.15) is 0 Å². The molecule has 2 heterocycles. The zero-order valence-electron chi connectivity index (χ0n) is 12.8. The van der Waals surface area contributed by atoms with Crippen LogP contribution in [-0.4, -0.2) is 43.4 Å². The van der Waals surface area contributed by atoms with Gasteiger partial charge in [0.1, 0.15) is 0 Å². The van der Waals surface area contributed by atoms with Gasteiger partial charge in [0.15, 0.2) is 0 Å². The Bertz CT molecular complexity index is 796. The maximum absolute atomic E-state index is 11.9. The van der Waals surface area contributed by atoms with Crippen molar-refractivity contribution in [1.29, 1.82) is 0 Å². The predicted octanol–water partition coefficient (Wildman–Crippen LogP) is 1.63. The number of fused-ring (bicyclic) bond motifs is 1. The Morgan fingerprint density at radius 2 is 2.26 bits per heavy atom. The number of rotatable bonds is 7. The Morgan fingerprint density at radius 1 is 1.39 bits per heavy atom. The van der Waals surface area contributed by atoms with E-state index in [0.717, 1.165) is 11.9 Å². The van der Waals surface area contributed by atoms with E-state index in [0.29, 0.717) is 24.0 Å². The van der Waals surface area contributed by atoms with Crippen LogP contribution < -0.4 is 5.32 Å². The molecule has 0 unspecified atom stereocenters. The van der Waals surface area contributed by atoms with Crippen molar-refractivity contribution >= 4 is 28.6 Å². The number of hydrogen-bond donors (Lipinski definition) is 2. The van der Waals surface area contributed by atoms with Crippen LogP contribution in [0.2, 0.25) is 0 Å². The van der Waals surface area contributed by atoms with Crippen LogP contribution in [0, 0.1) is 0 Å². The van der Waals surface area contributed by atoms with Gasteiger partial charge in [-0.05, 0) is 35.4 Å². The predicted molar refractivity (Wildman–Crippen MR) is 89.2 cm³/mol. The number of thioether (sulfide) groups is 1. The molecule has 0 fully saturated rings. The van der Waals surface area contributed by atoms with Gasteiger partial charge in [-0.25, -0.2) is 4.68 Å². The highest BCUT2D eigenvalue weighted by Crippen LogP contribution is 2.17. The summed E-state index contributed by atoms with van der Waals surface area (Å²) in [5.74, 6) is 0.300. The number of carbonyl (C=O) groups excluding carboxylic acids is 1. The molecule has 3 aromatic rings. The van der Waals surface area contributed by atoms with E-state index in [4.69, 9.17) is 0 Å². The van der Waals surface area contributed by atoms with Crippen molar-refractivity contribution in [2.45, 2.75) is 25.0 Å². The fourth-order valence-electron chi connectivity index (χ4n) is 2.35. The zero-order chi connectivity index (χ0) is 16.1. The summed E-state index contributed by atoms with van der Waals surface area (Å²) in [7, 11) is 0. The first-order valence-electron chi connectivity index (χ1n) is 7.48. The molecule has 120 valence electrons. The van der Waals surface area contributed by atoms with Crippen LogP contribution in [0.1, 0.15) is 12.5 Å². The van der Waals surface area contributed by atoms with Gasteiger partial charge in [0.05, 0.1) is 5.75 Å². The number of nitrogens with zero attached hydrogens (tertiary/aromatic N) is 4. The van der Waals surface area contributed by atoms with Gasteiger partial charge in [-0.1, -0.05) is 30.0 Å². The largest absolute Gasteiger partial charge is 0.361 e. The second kappa shape index (κ2) is 7.28. The monoisotopic (exact) mass is 330 g/mol. The lowest BCUT2D eigenvalue weighted by Crippen LogP contribution is -2.27. The van der Waals surface area contributed by atoms with E-state index in [1.807, 2.05) is 31.3 Å². The minimum absolute atomic E-state index is 0.0134. The number of para-hydroxylation sites is 1. The average molecular weight is 330 g/mol. The van der Waals surface area contributed by atoms with Crippen molar-refractivity contribution in [1.82, 2.24) is 30.5 Å². The molecule has 0 aliphatic rings. The molecule has 2 N–H and O–H groups in total. The number of aromatic amines is 1. The topological polar surface area (TPSA) is 88.5 Å². The van der Waals surface area contributed by atoms with Crippen LogP contribution >= 0.6 is 11.8 Å². The van der Waals surface area contributed by atoms with Crippen LogP contribution in [0.25, 0.3) is 10.9 Å². The molecule has 2 aromatic heterocycles. The summed E-state index contributed by atoms with van der Waals surface area (Å²) < 4.78 is 1.67. The van der Waals surface area contributed by atoms with Crippen molar-refractivity contribution < 1.29 is 4.79 Å². The van der Waals surface area contributed by atoms with Crippen molar-refractivity contribution in [3.63, 3.8) is 0 Å². The Hall–Kier alpha value is -2.35. The van der Waals surface area contributed by atoms with E-state index in [1.54, 1.807) is 4.68 Å². The first-order chi connectivity index (χ1) is 11.3. The van der Waals surface area contributed by atoms with Gasteiger partial charge in [0.25, 0.3) is 0 Å². The molecular formula is C15H18N6OS. The van der Waals surface area contributed by atoms with Crippen LogP contribution in [0.5, 0.6) is 0 Å². The van der Waals surface area contributed by atoms with Crippen LogP contribution in [0.4, 0.5) is 0 Å². The first kappa shape index (κ1) is 15.5. The number of amides is 1. The first-order valence-corrected chi connectivity index (χ1v) is 8.47. The number of tetrazole rings is 1. The Kier molecular flexibility index (Phi) is 4.92. The number of aryl methyl sites for hydroxylation is 1. The molecular weight excluding hydrogens is 312 g/mol. The van der Waals surface area contributed by atoms with Gasteiger partial charge in [-0.15, -0.1) is 5.10 Å². The molecule has 0 saturated heterocycles. The smallest absolute Gasteiger partial charge is 0.230 e. The van der Waals surface area contributed by atoms with Crippen molar-refractivity contribution in [2.75, 3.05) is 12.3 Å². The second-order valence-corrected chi connectivity index (χ2v) is 5.97. The summed E-state index contributed by atoms with van der Waals surface area (Å²) in [6.45, 7) is 3.26. The van der Waals surface area contributed by atoms with E-state index in [-0.39, 0.29) is 5.91 Å². The molecule has 0 bridgehead atoms. The molecule has 1 aromatic carbocycles. The van der Waals surface area contributed by atoms with Gasteiger partial charge < -0.3 is 10.3 Å². The third-order valence-electron chi connectivity index (χ3n) is 3.52. The van der Waals surface area contributed by atoms with Gasteiger partial charge in [0, 0.05) is 30.2 Å². The summed E-state index contributed by atoms with van der Waals surface area (Å²) in [5, 5.41) is 16.1.